The number of alkyl halides is 2. The smallest absolute Gasteiger partial charge is 0.279 e. The number of halogens is 2. The Hall–Kier alpha value is -1.63. The van der Waals surface area contributed by atoms with E-state index in [1.807, 2.05) is 0 Å². The second-order valence-electron chi connectivity index (χ2n) is 2.77. The van der Waals surface area contributed by atoms with E-state index in [0.29, 0.717) is 5.82 Å². The van der Waals surface area contributed by atoms with Crippen LogP contribution in [0.4, 0.5) is 8.78 Å². The van der Waals surface area contributed by atoms with Crippen molar-refractivity contribution in [1.82, 2.24) is 20.0 Å². The molecule has 0 saturated carbocycles. The van der Waals surface area contributed by atoms with Crippen molar-refractivity contribution < 1.29 is 8.78 Å². The summed E-state index contributed by atoms with van der Waals surface area (Å²) in [5.74, 6) is 0.384. The molecule has 0 radical (unpaired) electrons. The maximum Gasteiger partial charge on any atom is 0.279 e. The van der Waals surface area contributed by atoms with Crippen LogP contribution in [0.5, 0.6) is 0 Å². The average molecular weight is 228 g/mol. The molecule has 2 aromatic heterocycles. The van der Waals surface area contributed by atoms with E-state index in [-0.39, 0.29) is 10.3 Å². The Labute approximate surface area is 88.6 Å². The van der Waals surface area contributed by atoms with Crippen LogP contribution in [0, 0.1) is 4.64 Å². The first kappa shape index (κ1) is 9.91. The third-order valence-electron chi connectivity index (χ3n) is 1.76. The molecule has 0 bridgehead atoms. The minimum atomic E-state index is -2.58. The van der Waals surface area contributed by atoms with Gasteiger partial charge in [0.25, 0.3) is 6.43 Å². The highest BCUT2D eigenvalue weighted by atomic mass is 32.1. The number of hydrogen-bond acceptors (Lipinski definition) is 3. The highest BCUT2D eigenvalue weighted by Gasteiger charge is 2.11. The van der Waals surface area contributed by atoms with Crippen molar-refractivity contribution in [3.8, 4) is 5.82 Å². The minimum absolute atomic E-state index is 0.231. The van der Waals surface area contributed by atoms with E-state index in [1.165, 1.54) is 16.9 Å². The second kappa shape index (κ2) is 3.85. The normalized spacial score (nSPS) is 10.9. The van der Waals surface area contributed by atoms with Gasteiger partial charge in [-0.1, -0.05) is 12.2 Å². The summed E-state index contributed by atoms with van der Waals surface area (Å²) in [4.78, 5) is 0. The molecule has 0 saturated heterocycles. The van der Waals surface area contributed by atoms with Gasteiger partial charge in [-0.15, -0.1) is 5.10 Å². The van der Waals surface area contributed by atoms with Gasteiger partial charge in [0.05, 0.1) is 0 Å². The van der Waals surface area contributed by atoms with Crippen LogP contribution >= 0.6 is 12.2 Å². The van der Waals surface area contributed by atoms with Crippen LogP contribution in [0.3, 0.4) is 0 Å². The van der Waals surface area contributed by atoms with Crippen molar-refractivity contribution in [2.24, 2.45) is 0 Å². The summed E-state index contributed by atoms with van der Waals surface area (Å²) in [6.45, 7) is 0. The van der Waals surface area contributed by atoms with Gasteiger partial charge in [-0.25, -0.2) is 13.5 Å². The van der Waals surface area contributed by atoms with E-state index in [4.69, 9.17) is 12.2 Å². The Morgan fingerprint density at radius 3 is 2.80 bits per heavy atom. The number of aromatic nitrogens is 4. The van der Waals surface area contributed by atoms with E-state index >= 15 is 0 Å². The van der Waals surface area contributed by atoms with Gasteiger partial charge in [0.15, 0.2) is 5.82 Å². The van der Waals surface area contributed by atoms with E-state index in [9.17, 15) is 8.78 Å². The maximum absolute atomic E-state index is 12.3. The molecule has 2 heterocycles. The molecule has 15 heavy (non-hydrogen) atoms. The summed E-state index contributed by atoms with van der Waals surface area (Å²) in [5.41, 5.74) is -0.231. The first-order valence-corrected chi connectivity index (χ1v) is 4.47. The van der Waals surface area contributed by atoms with E-state index in [1.54, 1.807) is 12.1 Å². The van der Waals surface area contributed by atoms with Gasteiger partial charge < -0.3 is 0 Å². The van der Waals surface area contributed by atoms with Crippen LogP contribution in [-0.2, 0) is 0 Å². The fourth-order valence-corrected chi connectivity index (χ4v) is 1.37. The molecule has 7 heteroatoms. The molecule has 0 aliphatic carbocycles. The Bertz CT molecular complexity index is 505. The molecule has 1 N–H and O–H groups in total. The van der Waals surface area contributed by atoms with Crippen molar-refractivity contribution in [2.75, 3.05) is 0 Å². The fourth-order valence-electron chi connectivity index (χ4n) is 1.11. The van der Waals surface area contributed by atoms with Gasteiger partial charge in [-0.2, -0.15) is 5.10 Å². The van der Waals surface area contributed by atoms with Crippen molar-refractivity contribution >= 4 is 12.2 Å². The largest absolute Gasteiger partial charge is 0.290 e. The van der Waals surface area contributed by atoms with E-state index in [2.05, 4.69) is 15.3 Å². The number of nitrogens with one attached hydrogen (secondary N) is 1. The number of H-pyrrole nitrogens is 1. The lowest BCUT2D eigenvalue weighted by molar-refractivity contribution is 0.145. The molecule has 0 fully saturated rings. The number of rotatable bonds is 2. The van der Waals surface area contributed by atoms with Gasteiger partial charge in [0.2, 0.25) is 0 Å². The molecule has 2 rings (SSSR count). The molecule has 2 aromatic rings. The molecule has 4 nitrogen and oxygen atoms in total. The molecule has 0 aliphatic rings. The van der Waals surface area contributed by atoms with Crippen molar-refractivity contribution in [3.05, 3.63) is 34.7 Å². The average Bonchev–Trinajstić information content (AvgIpc) is 2.62. The van der Waals surface area contributed by atoms with Gasteiger partial charge in [-0.05, 0) is 12.1 Å². The summed E-state index contributed by atoms with van der Waals surface area (Å²) in [6.07, 6.45) is -1.09. The predicted octanol–water partition coefficient (Wildman–Crippen LogP) is 2.26. The lowest BCUT2D eigenvalue weighted by Gasteiger charge is -1.99. The summed E-state index contributed by atoms with van der Waals surface area (Å²) in [6, 6.07) is 4.47. The Morgan fingerprint density at radius 1 is 1.47 bits per heavy atom. The summed E-state index contributed by atoms with van der Waals surface area (Å²) in [5, 5.41) is 9.84. The highest BCUT2D eigenvalue weighted by Crippen LogP contribution is 2.17. The number of nitrogens with zero attached hydrogens (tertiary/aromatic N) is 3. The molecule has 0 atom stereocenters. The zero-order valence-corrected chi connectivity index (χ0v) is 8.21. The summed E-state index contributed by atoms with van der Waals surface area (Å²) < 4.78 is 26.2. The zero-order valence-electron chi connectivity index (χ0n) is 7.39. The van der Waals surface area contributed by atoms with Gasteiger partial charge in [-0.3, -0.25) is 5.10 Å². The SMILES string of the molecule is FC(F)c1cc(=S)n(-c2cccnn2)[nH]1. The lowest BCUT2D eigenvalue weighted by atomic mass is 10.5. The van der Waals surface area contributed by atoms with Crippen LogP contribution in [-0.4, -0.2) is 20.0 Å². The number of aromatic amines is 1. The topological polar surface area (TPSA) is 46.5 Å². The first-order chi connectivity index (χ1) is 7.18. The molecular formula is C8H6F2N4S. The molecule has 0 aliphatic heterocycles. The van der Waals surface area contributed by atoms with Crippen LogP contribution in [0.1, 0.15) is 12.1 Å². The molecule has 0 amide bonds. The Balaban J connectivity index is 2.50. The van der Waals surface area contributed by atoms with Gasteiger partial charge >= 0.3 is 0 Å². The van der Waals surface area contributed by atoms with E-state index < -0.39 is 6.43 Å². The van der Waals surface area contributed by atoms with Crippen molar-refractivity contribution in [1.29, 1.82) is 0 Å². The highest BCUT2D eigenvalue weighted by molar-refractivity contribution is 7.71. The fraction of sp³-hybridized carbons (Fsp3) is 0.125. The quantitative estimate of drug-likeness (QED) is 0.802. The van der Waals surface area contributed by atoms with Crippen LogP contribution in [0.15, 0.2) is 24.4 Å². The van der Waals surface area contributed by atoms with E-state index in [0.717, 1.165) is 0 Å². The maximum atomic E-state index is 12.3. The van der Waals surface area contributed by atoms with Crippen molar-refractivity contribution in [3.63, 3.8) is 0 Å². The Kier molecular flexibility index (Phi) is 2.55. The van der Waals surface area contributed by atoms with Crippen LogP contribution in [0.2, 0.25) is 0 Å². The van der Waals surface area contributed by atoms with Gasteiger partial charge in [0, 0.05) is 12.3 Å². The standard InChI is InChI=1S/C8H6F2N4S/c9-8(10)5-4-7(15)14(13-5)6-2-1-3-11-12-6/h1-4,8,13H. The molecule has 0 unspecified atom stereocenters. The summed E-state index contributed by atoms with van der Waals surface area (Å²) >= 11 is 4.90. The number of hydrogen-bond donors (Lipinski definition) is 1. The molecule has 78 valence electrons. The first-order valence-electron chi connectivity index (χ1n) is 4.06. The van der Waals surface area contributed by atoms with Crippen LogP contribution in [0.25, 0.3) is 5.82 Å². The van der Waals surface area contributed by atoms with Crippen LogP contribution < -0.4 is 0 Å². The predicted molar refractivity (Wildman–Crippen MR) is 51.5 cm³/mol. The molecule has 0 aromatic carbocycles. The monoisotopic (exact) mass is 228 g/mol. The van der Waals surface area contributed by atoms with Gasteiger partial charge in [0.1, 0.15) is 10.3 Å². The Morgan fingerprint density at radius 2 is 2.27 bits per heavy atom. The lowest BCUT2D eigenvalue weighted by Crippen LogP contribution is -2.01. The third-order valence-corrected chi connectivity index (χ3v) is 2.06. The zero-order chi connectivity index (χ0) is 10.8. The second-order valence-corrected chi connectivity index (χ2v) is 3.19. The van der Waals surface area contributed by atoms with Crippen molar-refractivity contribution in [2.45, 2.75) is 6.43 Å². The molecule has 0 spiro atoms. The molecular weight excluding hydrogens is 222 g/mol. The minimum Gasteiger partial charge on any atom is -0.290 e. The third kappa shape index (κ3) is 1.91. The summed E-state index contributed by atoms with van der Waals surface area (Å²) in [7, 11) is 0.